The van der Waals surface area contributed by atoms with Gasteiger partial charge in [-0.05, 0) is 33.1 Å². The van der Waals surface area contributed by atoms with Crippen molar-refractivity contribution in [3.05, 3.63) is 18.2 Å². The fourth-order valence-corrected chi connectivity index (χ4v) is 6.20. The van der Waals surface area contributed by atoms with E-state index in [-0.39, 0.29) is 0 Å². The molecule has 1 heterocycles. The minimum absolute atomic E-state index is 0.569. The van der Waals surface area contributed by atoms with Gasteiger partial charge in [0.2, 0.25) is 0 Å². The first-order valence-electron chi connectivity index (χ1n) is 18.3. The first-order chi connectivity index (χ1) is 19.2. The molecule has 0 atom stereocenters. The summed E-state index contributed by atoms with van der Waals surface area (Å²) in [5.74, 6) is 1.57. The maximum absolute atomic E-state index is 2.58. The standard InChI is InChI=1S/C37H73N2/c1-5-7-9-11-13-15-17-19-21-23-25-27-29-31-33-38-34-35-39(36(3)4)37(38)32-30-28-26-24-22-20-18-16-14-12-10-8-6-2/h34-36H,5-33H2,1-4H3/q+1. The zero-order valence-electron chi connectivity index (χ0n) is 27.6. The Labute approximate surface area is 247 Å². The van der Waals surface area contributed by atoms with Gasteiger partial charge >= 0.3 is 0 Å². The molecule has 0 N–H and O–H groups in total. The monoisotopic (exact) mass is 546 g/mol. The fourth-order valence-electron chi connectivity index (χ4n) is 6.20. The Bertz CT molecular complexity index is 617. The molecule has 0 aliphatic carbocycles. The Morgan fingerprint density at radius 2 is 0.821 bits per heavy atom. The molecule has 0 amide bonds. The molecular weight excluding hydrogens is 472 g/mol. The van der Waals surface area contributed by atoms with Gasteiger partial charge in [-0.25, -0.2) is 9.13 Å². The number of rotatable bonds is 30. The lowest BCUT2D eigenvalue weighted by Crippen LogP contribution is -2.37. The quantitative estimate of drug-likeness (QED) is 0.0671. The van der Waals surface area contributed by atoms with E-state index in [0.29, 0.717) is 6.04 Å². The van der Waals surface area contributed by atoms with Crippen molar-refractivity contribution in [1.82, 2.24) is 4.57 Å². The highest BCUT2D eigenvalue weighted by Gasteiger charge is 2.18. The summed E-state index contributed by atoms with van der Waals surface area (Å²) < 4.78 is 5.12. The van der Waals surface area contributed by atoms with Crippen LogP contribution in [-0.2, 0) is 13.0 Å². The highest BCUT2D eigenvalue weighted by molar-refractivity contribution is 4.86. The molecule has 0 radical (unpaired) electrons. The fraction of sp³-hybridized carbons (Fsp3) is 0.919. The summed E-state index contributed by atoms with van der Waals surface area (Å²) in [7, 11) is 0. The SMILES string of the molecule is CCCCCCCCCCCCCCCC[n+]1ccn(C(C)C)c1CCCCCCCCCCCCCCC. The topological polar surface area (TPSA) is 8.81 Å². The number of nitrogens with zero attached hydrogens (tertiary/aromatic N) is 2. The van der Waals surface area contributed by atoms with Crippen LogP contribution in [0.5, 0.6) is 0 Å². The molecule has 1 rings (SSSR count). The molecule has 1 aromatic heterocycles. The van der Waals surface area contributed by atoms with Crippen LogP contribution in [0, 0.1) is 0 Å². The zero-order chi connectivity index (χ0) is 28.2. The number of unbranched alkanes of at least 4 members (excludes halogenated alkanes) is 25. The second kappa shape index (κ2) is 27.4. The summed E-state index contributed by atoms with van der Waals surface area (Å²) in [5.41, 5.74) is 0. The van der Waals surface area contributed by atoms with Crippen LogP contribution in [0.2, 0.25) is 0 Å². The van der Waals surface area contributed by atoms with Crippen molar-refractivity contribution in [2.75, 3.05) is 0 Å². The maximum atomic E-state index is 2.58. The van der Waals surface area contributed by atoms with Gasteiger partial charge in [0.15, 0.2) is 0 Å². The predicted molar refractivity (Wildman–Crippen MR) is 175 cm³/mol. The van der Waals surface area contributed by atoms with E-state index in [0.717, 1.165) is 0 Å². The predicted octanol–water partition coefficient (Wildman–Crippen LogP) is 12.5. The Balaban J connectivity index is 2.06. The van der Waals surface area contributed by atoms with E-state index in [1.165, 1.54) is 186 Å². The van der Waals surface area contributed by atoms with Crippen LogP contribution in [0.15, 0.2) is 12.4 Å². The van der Waals surface area contributed by atoms with Gasteiger partial charge in [0.25, 0.3) is 5.82 Å². The summed E-state index contributed by atoms with van der Waals surface area (Å²) in [5, 5.41) is 0. The van der Waals surface area contributed by atoms with E-state index < -0.39 is 0 Å². The van der Waals surface area contributed by atoms with Gasteiger partial charge in [-0.1, -0.05) is 168 Å². The third-order valence-corrected chi connectivity index (χ3v) is 8.85. The molecule has 2 heteroatoms. The molecule has 0 spiro atoms. The summed E-state index contributed by atoms with van der Waals surface area (Å²) >= 11 is 0. The number of aromatic nitrogens is 2. The molecule has 39 heavy (non-hydrogen) atoms. The lowest BCUT2D eigenvalue weighted by Gasteiger charge is -2.08. The van der Waals surface area contributed by atoms with Crippen LogP contribution in [0.3, 0.4) is 0 Å². The van der Waals surface area contributed by atoms with Crippen molar-refractivity contribution in [3.63, 3.8) is 0 Å². The zero-order valence-corrected chi connectivity index (χ0v) is 27.6. The van der Waals surface area contributed by atoms with E-state index in [9.17, 15) is 0 Å². The molecule has 0 aliphatic rings. The highest BCUT2D eigenvalue weighted by atomic mass is 15.2. The van der Waals surface area contributed by atoms with E-state index in [4.69, 9.17) is 0 Å². The molecule has 0 fully saturated rings. The Hall–Kier alpha value is -0.790. The van der Waals surface area contributed by atoms with Crippen LogP contribution < -0.4 is 4.57 Å². The van der Waals surface area contributed by atoms with Crippen LogP contribution in [-0.4, -0.2) is 4.57 Å². The van der Waals surface area contributed by atoms with Crippen molar-refractivity contribution in [3.8, 4) is 0 Å². The van der Waals surface area contributed by atoms with Crippen molar-refractivity contribution >= 4 is 0 Å². The molecule has 0 unspecified atom stereocenters. The van der Waals surface area contributed by atoms with Gasteiger partial charge < -0.3 is 0 Å². The van der Waals surface area contributed by atoms with Gasteiger partial charge in [0, 0.05) is 6.42 Å². The molecule has 0 aromatic carbocycles. The number of hydrogen-bond donors (Lipinski definition) is 0. The average Bonchev–Trinajstić information content (AvgIpc) is 3.34. The minimum Gasteiger partial charge on any atom is -0.234 e. The van der Waals surface area contributed by atoms with Crippen molar-refractivity contribution in [1.29, 1.82) is 0 Å². The molecule has 0 saturated carbocycles. The summed E-state index contributed by atoms with van der Waals surface area (Å²) in [4.78, 5) is 0. The van der Waals surface area contributed by atoms with Crippen molar-refractivity contribution in [2.45, 2.75) is 220 Å². The smallest absolute Gasteiger partial charge is 0.234 e. The average molecular weight is 546 g/mol. The van der Waals surface area contributed by atoms with Crippen molar-refractivity contribution < 1.29 is 4.57 Å². The van der Waals surface area contributed by atoms with Gasteiger partial charge in [-0.3, -0.25) is 0 Å². The molecule has 0 saturated heterocycles. The molecule has 0 bridgehead atoms. The van der Waals surface area contributed by atoms with Crippen LogP contribution in [0.25, 0.3) is 0 Å². The molecule has 230 valence electrons. The molecule has 1 aromatic rings. The minimum atomic E-state index is 0.569. The van der Waals surface area contributed by atoms with E-state index >= 15 is 0 Å². The summed E-state index contributed by atoms with van der Waals surface area (Å²) in [6.45, 7) is 10.5. The Morgan fingerprint density at radius 1 is 0.487 bits per heavy atom. The second-order valence-corrected chi connectivity index (χ2v) is 13.0. The van der Waals surface area contributed by atoms with E-state index in [2.05, 4.69) is 49.2 Å². The normalized spacial score (nSPS) is 11.7. The Kier molecular flexibility index (Phi) is 25.4. The Morgan fingerprint density at radius 3 is 1.18 bits per heavy atom. The lowest BCUT2D eigenvalue weighted by molar-refractivity contribution is -0.704. The number of hydrogen-bond acceptors (Lipinski definition) is 0. The summed E-state index contributed by atoms with van der Waals surface area (Å²) in [6, 6.07) is 0.569. The van der Waals surface area contributed by atoms with Gasteiger partial charge in [-0.2, -0.15) is 0 Å². The van der Waals surface area contributed by atoms with Crippen molar-refractivity contribution in [2.24, 2.45) is 0 Å². The first-order valence-corrected chi connectivity index (χ1v) is 18.3. The van der Waals surface area contributed by atoms with Gasteiger partial charge in [0.05, 0.1) is 12.6 Å². The molecule has 0 aliphatic heterocycles. The highest BCUT2D eigenvalue weighted by Crippen LogP contribution is 2.16. The first kappa shape index (κ1) is 36.2. The lowest BCUT2D eigenvalue weighted by atomic mass is 10.0. The van der Waals surface area contributed by atoms with E-state index in [1.54, 1.807) is 5.82 Å². The molecular formula is C37H73N2+. The third-order valence-electron chi connectivity index (χ3n) is 8.85. The maximum Gasteiger partial charge on any atom is 0.256 e. The number of imidazole rings is 1. The number of aryl methyl sites for hydroxylation is 1. The van der Waals surface area contributed by atoms with Gasteiger partial charge in [-0.15, -0.1) is 0 Å². The van der Waals surface area contributed by atoms with Crippen LogP contribution in [0.4, 0.5) is 0 Å². The second-order valence-electron chi connectivity index (χ2n) is 13.0. The largest absolute Gasteiger partial charge is 0.256 e. The van der Waals surface area contributed by atoms with Crippen LogP contribution >= 0.6 is 0 Å². The molecule has 2 nitrogen and oxygen atoms in total. The van der Waals surface area contributed by atoms with E-state index in [1.807, 2.05) is 0 Å². The van der Waals surface area contributed by atoms with Gasteiger partial charge in [0.1, 0.15) is 12.4 Å². The van der Waals surface area contributed by atoms with Crippen LogP contribution in [0.1, 0.15) is 213 Å². The summed E-state index contributed by atoms with van der Waals surface area (Å²) in [6.07, 6.45) is 44.7. The third kappa shape index (κ3) is 20.7.